The predicted molar refractivity (Wildman–Crippen MR) is 92.0 cm³/mol. The van der Waals surface area contributed by atoms with Crippen molar-refractivity contribution < 1.29 is 17.6 Å². The molecule has 6 nitrogen and oxygen atoms in total. The van der Waals surface area contributed by atoms with E-state index in [1.807, 2.05) is 0 Å². The van der Waals surface area contributed by atoms with Gasteiger partial charge in [0, 0.05) is 17.6 Å². The van der Waals surface area contributed by atoms with E-state index < -0.39 is 10.0 Å². The van der Waals surface area contributed by atoms with E-state index in [9.17, 15) is 13.2 Å². The molecule has 2 heterocycles. The highest BCUT2D eigenvalue weighted by molar-refractivity contribution is 9.10. The number of carbonyl (C=O) groups is 1. The van der Waals surface area contributed by atoms with Crippen LogP contribution < -0.4 is 5.32 Å². The molecule has 1 aliphatic heterocycles. The Bertz CT molecular complexity index is 828. The molecule has 1 aliphatic rings. The molecule has 1 aromatic heterocycles. The Kier molecular flexibility index (Phi) is 5.07. The van der Waals surface area contributed by atoms with Crippen molar-refractivity contribution in [2.45, 2.75) is 24.3 Å². The van der Waals surface area contributed by atoms with Gasteiger partial charge in [-0.1, -0.05) is 0 Å². The Morgan fingerprint density at radius 2 is 2.00 bits per heavy atom. The van der Waals surface area contributed by atoms with Gasteiger partial charge in [-0.05, 0) is 59.1 Å². The molecule has 0 radical (unpaired) electrons. The number of rotatable bonds is 5. The zero-order valence-electron chi connectivity index (χ0n) is 12.9. The summed E-state index contributed by atoms with van der Waals surface area (Å²) in [4.78, 5) is 12.5. The maximum Gasteiger partial charge on any atom is 0.252 e. The number of carbonyl (C=O) groups excluding carboxylic acids is 1. The number of benzene rings is 1. The van der Waals surface area contributed by atoms with Gasteiger partial charge in [-0.3, -0.25) is 4.79 Å². The lowest BCUT2D eigenvalue weighted by molar-refractivity contribution is 0.0947. The third-order valence-corrected chi connectivity index (χ3v) is 6.47. The molecule has 1 aromatic carbocycles. The summed E-state index contributed by atoms with van der Waals surface area (Å²) in [6.07, 6.45) is 3.26. The number of furan rings is 1. The van der Waals surface area contributed by atoms with Gasteiger partial charge < -0.3 is 9.73 Å². The van der Waals surface area contributed by atoms with Crippen LogP contribution >= 0.6 is 15.9 Å². The van der Waals surface area contributed by atoms with Crippen molar-refractivity contribution in [3.63, 3.8) is 0 Å². The highest BCUT2D eigenvalue weighted by Crippen LogP contribution is 2.25. The van der Waals surface area contributed by atoms with Crippen molar-refractivity contribution in [1.29, 1.82) is 0 Å². The van der Waals surface area contributed by atoms with Crippen LogP contribution in [-0.4, -0.2) is 31.7 Å². The molecule has 1 amide bonds. The monoisotopic (exact) mass is 412 g/mol. The zero-order chi connectivity index (χ0) is 17.2. The van der Waals surface area contributed by atoms with Crippen LogP contribution in [0.25, 0.3) is 0 Å². The molecular formula is C16H17BrN2O4S. The third-order valence-electron chi connectivity index (χ3n) is 3.89. The molecular weight excluding hydrogens is 396 g/mol. The third kappa shape index (κ3) is 3.55. The predicted octanol–water partition coefficient (Wildman–Crippen LogP) is 2.76. The van der Waals surface area contributed by atoms with Crippen molar-refractivity contribution in [2.75, 3.05) is 13.1 Å². The van der Waals surface area contributed by atoms with Crippen LogP contribution in [0.15, 0.2) is 50.4 Å². The van der Waals surface area contributed by atoms with Gasteiger partial charge in [0.2, 0.25) is 10.0 Å². The first kappa shape index (κ1) is 17.2. The molecule has 3 rings (SSSR count). The molecule has 1 N–H and O–H groups in total. The van der Waals surface area contributed by atoms with E-state index in [4.69, 9.17) is 4.42 Å². The number of hydrogen-bond donors (Lipinski definition) is 1. The quantitative estimate of drug-likeness (QED) is 0.818. The minimum Gasteiger partial charge on any atom is -0.467 e. The smallest absolute Gasteiger partial charge is 0.252 e. The van der Waals surface area contributed by atoms with Crippen molar-refractivity contribution in [3.8, 4) is 0 Å². The summed E-state index contributed by atoms with van der Waals surface area (Å²) >= 11 is 3.31. The topological polar surface area (TPSA) is 79.6 Å². The first-order valence-corrected chi connectivity index (χ1v) is 9.82. The summed E-state index contributed by atoms with van der Waals surface area (Å²) in [5, 5.41) is 2.72. The Morgan fingerprint density at radius 3 is 2.67 bits per heavy atom. The summed E-state index contributed by atoms with van der Waals surface area (Å²) in [6.45, 7) is 1.29. The Hall–Kier alpha value is -1.64. The minimum atomic E-state index is -3.56. The summed E-state index contributed by atoms with van der Waals surface area (Å²) in [5.41, 5.74) is 0.279. The molecule has 128 valence electrons. The maximum atomic E-state index is 12.6. The molecule has 0 spiro atoms. The lowest BCUT2D eigenvalue weighted by Gasteiger charge is -2.16. The first-order valence-electron chi connectivity index (χ1n) is 7.59. The number of halogens is 1. The van der Waals surface area contributed by atoms with Crippen molar-refractivity contribution in [1.82, 2.24) is 9.62 Å². The normalized spacial score (nSPS) is 15.5. The van der Waals surface area contributed by atoms with Gasteiger partial charge in [0.1, 0.15) is 5.76 Å². The molecule has 2 aromatic rings. The zero-order valence-corrected chi connectivity index (χ0v) is 15.3. The average Bonchev–Trinajstić information content (AvgIpc) is 3.26. The van der Waals surface area contributed by atoms with E-state index in [1.165, 1.54) is 22.7 Å². The van der Waals surface area contributed by atoms with Crippen LogP contribution in [0.5, 0.6) is 0 Å². The van der Waals surface area contributed by atoms with E-state index in [0.717, 1.165) is 12.8 Å². The Balaban J connectivity index is 1.82. The first-order chi connectivity index (χ1) is 11.5. The van der Waals surface area contributed by atoms with Gasteiger partial charge in [-0.25, -0.2) is 8.42 Å². The van der Waals surface area contributed by atoms with E-state index >= 15 is 0 Å². The van der Waals surface area contributed by atoms with Crippen LogP contribution in [0.2, 0.25) is 0 Å². The van der Waals surface area contributed by atoms with E-state index in [1.54, 1.807) is 18.2 Å². The maximum absolute atomic E-state index is 12.6. The molecule has 0 saturated carbocycles. The fourth-order valence-corrected chi connectivity index (χ4v) is 4.56. The largest absolute Gasteiger partial charge is 0.467 e. The minimum absolute atomic E-state index is 0.135. The highest BCUT2D eigenvalue weighted by atomic mass is 79.9. The molecule has 0 aliphatic carbocycles. The Labute approximate surface area is 149 Å². The number of amides is 1. The average molecular weight is 413 g/mol. The molecule has 0 atom stereocenters. The number of nitrogens with one attached hydrogen (secondary N) is 1. The number of nitrogens with zero attached hydrogens (tertiary/aromatic N) is 1. The van der Waals surface area contributed by atoms with Crippen LogP contribution in [0, 0.1) is 0 Å². The fraction of sp³-hybridized carbons (Fsp3) is 0.312. The van der Waals surface area contributed by atoms with Crippen molar-refractivity contribution in [3.05, 3.63) is 52.4 Å². The van der Waals surface area contributed by atoms with Gasteiger partial charge in [-0.15, -0.1) is 0 Å². The standard InChI is InChI=1S/C16H17BrN2O4S/c17-15-6-5-13(24(21,22)19-7-1-2-8-19)10-14(15)16(20)18-11-12-4-3-9-23-12/h3-6,9-10H,1-2,7-8,11H2,(H,18,20). The SMILES string of the molecule is O=C(NCc1ccco1)c1cc(S(=O)(=O)N2CCCC2)ccc1Br. The van der Waals surface area contributed by atoms with Crippen LogP contribution in [-0.2, 0) is 16.6 Å². The molecule has 0 unspecified atom stereocenters. The van der Waals surface area contributed by atoms with Crippen LogP contribution in [0.3, 0.4) is 0 Å². The summed E-state index contributed by atoms with van der Waals surface area (Å²) in [6, 6.07) is 8.01. The van der Waals surface area contributed by atoms with Gasteiger partial charge in [0.05, 0.1) is 23.3 Å². The van der Waals surface area contributed by atoms with Gasteiger partial charge in [-0.2, -0.15) is 4.31 Å². The van der Waals surface area contributed by atoms with Gasteiger partial charge >= 0.3 is 0 Å². The van der Waals surface area contributed by atoms with Gasteiger partial charge in [0.15, 0.2) is 0 Å². The summed E-state index contributed by atoms with van der Waals surface area (Å²) in [5.74, 6) is 0.261. The molecule has 1 fully saturated rings. The number of hydrogen-bond acceptors (Lipinski definition) is 4. The lowest BCUT2D eigenvalue weighted by Crippen LogP contribution is -2.28. The second-order valence-corrected chi connectivity index (χ2v) is 8.31. The van der Waals surface area contributed by atoms with Crippen LogP contribution in [0.4, 0.5) is 0 Å². The lowest BCUT2D eigenvalue weighted by atomic mass is 10.2. The van der Waals surface area contributed by atoms with Gasteiger partial charge in [0.25, 0.3) is 5.91 Å². The highest BCUT2D eigenvalue weighted by Gasteiger charge is 2.28. The molecule has 0 bridgehead atoms. The second kappa shape index (κ2) is 7.08. The Morgan fingerprint density at radius 1 is 1.25 bits per heavy atom. The van der Waals surface area contributed by atoms with Crippen molar-refractivity contribution in [2.24, 2.45) is 0 Å². The molecule has 24 heavy (non-hydrogen) atoms. The van der Waals surface area contributed by atoms with Crippen LogP contribution in [0.1, 0.15) is 29.0 Å². The second-order valence-electron chi connectivity index (χ2n) is 5.51. The summed E-state index contributed by atoms with van der Waals surface area (Å²) < 4.78 is 32.4. The van der Waals surface area contributed by atoms with E-state index in [2.05, 4.69) is 21.2 Å². The fourth-order valence-electron chi connectivity index (χ4n) is 2.59. The molecule has 1 saturated heterocycles. The van der Waals surface area contributed by atoms with E-state index in [0.29, 0.717) is 23.3 Å². The van der Waals surface area contributed by atoms with Crippen molar-refractivity contribution >= 4 is 31.9 Å². The number of sulfonamides is 1. The van der Waals surface area contributed by atoms with E-state index in [-0.39, 0.29) is 22.9 Å². The molecule has 8 heteroatoms. The summed E-state index contributed by atoms with van der Waals surface area (Å²) in [7, 11) is -3.56.